The van der Waals surface area contributed by atoms with Crippen molar-refractivity contribution in [3.63, 3.8) is 0 Å². The summed E-state index contributed by atoms with van der Waals surface area (Å²) in [6.45, 7) is 4.88. The molecule has 0 atom stereocenters. The highest BCUT2D eigenvalue weighted by Gasteiger charge is 2.32. The fourth-order valence-electron chi connectivity index (χ4n) is 4.79. The number of carbonyl (C=O) groups excluding carboxylic acids is 1. The third kappa shape index (κ3) is 4.21. The van der Waals surface area contributed by atoms with Gasteiger partial charge >= 0.3 is 5.69 Å². The van der Waals surface area contributed by atoms with Gasteiger partial charge in [-0.05, 0) is 62.1 Å². The van der Waals surface area contributed by atoms with Crippen LogP contribution in [-0.4, -0.2) is 19.6 Å². The van der Waals surface area contributed by atoms with Crippen molar-refractivity contribution in [2.45, 2.75) is 46.1 Å². The molecule has 2 aromatic carbocycles. The molecule has 1 amide bonds. The zero-order valence-electron chi connectivity index (χ0n) is 21.6. The van der Waals surface area contributed by atoms with E-state index in [1.165, 1.54) is 35.2 Å². The molecule has 2 aromatic heterocycles. The Morgan fingerprint density at radius 1 is 1.05 bits per heavy atom. The van der Waals surface area contributed by atoms with Gasteiger partial charge in [0.05, 0.1) is 11.4 Å². The summed E-state index contributed by atoms with van der Waals surface area (Å²) >= 11 is 0. The van der Waals surface area contributed by atoms with Crippen LogP contribution in [0.4, 0.5) is 21.5 Å². The summed E-state index contributed by atoms with van der Waals surface area (Å²) in [7, 11) is 1.47. The van der Waals surface area contributed by atoms with Crippen molar-refractivity contribution >= 4 is 34.0 Å². The maximum atomic E-state index is 15.4. The van der Waals surface area contributed by atoms with Crippen LogP contribution in [0.15, 0.2) is 56.8 Å². The lowest BCUT2D eigenvalue weighted by molar-refractivity contribution is -0.114. The molecular weight excluding hydrogens is 489 g/mol. The highest BCUT2D eigenvalue weighted by molar-refractivity contribution is 5.94. The van der Waals surface area contributed by atoms with Crippen LogP contribution in [0.3, 0.4) is 0 Å². The summed E-state index contributed by atoms with van der Waals surface area (Å²) < 4.78 is 18.9. The van der Waals surface area contributed by atoms with Crippen molar-refractivity contribution in [3.05, 3.63) is 90.6 Å². The maximum Gasteiger partial charge on any atom is 0.337 e. The Kier molecular flexibility index (Phi) is 6.26. The molecule has 10 heteroatoms. The van der Waals surface area contributed by atoms with Gasteiger partial charge in [-0.1, -0.05) is 19.1 Å². The smallest absolute Gasteiger partial charge is 0.337 e. The van der Waals surface area contributed by atoms with Crippen molar-refractivity contribution in [2.24, 2.45) is 7.05 Å². The number of hydrogen-bond donors (Lipinski definition) is 2. The lowest BCUT2D eigenvalue weighted by Gasteiger charge is -2.21. The monoisotopic (exact) mass is 517 g/mol. The molecule has 0 aliphatic heterocycles. The standard InChI is InChI=1S/C28H28FN5O4/c1-5-17-9-12-22(21(29)13-17)34-25-23(27(37)33(28(34)38)20-10-11-20)24(15(2)26(36)32(25)4)31-19-8-6-7-18(14-19)30-16(3)35/h6-9,12-14,20,31H,5,10-11H2,1-4H3,(H,30,35). The first-order chi connectivity index (χ1) is 18.1. The Hall–Kier alpha value is -4.47. The van der Waals surface area contributed by atoms with E-state index in [9.17, 15) is 19.2 Å². The SMILES string of the molecule is CCc1ccc(-n2c(=O)n(C3CC3)c(=O)c3c(Nc4cccc(NC(C)=O)c4)c(C)c(=O)n(C)c32)c(F)c1. The molecule has 0 spiro atoms. The topological polar surface area (TPSA) is 107 Å². The van der Waals surface area contributed by atoms with Gasteiger partial charge in [-0.3, -0.25) is 23.5 Å². The normalized spacial score (nSPS) is 13.1. The van der Waals surface area contributed by atoms with Crippen molar-refractivity contribution in [2.75, 3.05) is 10.6 Å². The van der Waals surface area contributed by atoms with E-state index in [4.69, 9.17) is 0 Å². The van der Waals surface area contributed by atoms with Crippen LogP contribution in [-0.2, 0) is 18.3 Å². The van der Waals surface area contributed by atoms with Crippen LogP contribution in [0.25, 0.3) is 16.7 Å². The van der Waals surface area contributed by atoms with E-state index in [0.29, 0.717) is 30.6 Å². The maximum absolute atomic E-state index is 15.4. The Balaban J connectivity index is 1.87. The van der Waals surface area contributed by atoms with Crippen LogP contribution in [0.2, 0.25) is 0 Å². The third-order valence-corrected chi connectivity index (χ3v) is 6.86. The van der Waals surface area contributed by atoms with Gasteiger partial charge in [-0.2, -0.15) is 0 Å². The van der Waals surface area contributed by atoms with Crippen LogP contribution in [0.5, 0.6) is 0 Å². The first-order valence-electron chi connectivity index (χ1n) is 12.5. The molecular formula is C28H28FN5O4. The van der Waals surface area contributed by atoms with E-state index >= 15 is 4.39 Å². The average molecular weight is 518 g/mol. The lowest BCUT2D eigenvalue weighted by atomic mass is 10.1. The highest BCUT2D eigenvalue weighted by Crippen LogP contribution is 2.34. The molecule has 0 saturated heterocycles. The third-order valence-electron chi connectivity index (χ3n) is 6.86. The van der Waals surface area contributed by atoms with E-state index in [1.807, 2.05) is 6.92 Å². The molecule has 2 N–H and O–H groups in total. The number of nitrogens with zero attached hydrogens (tertiary/aromatic N) is 3. The van der Waals surface area contributed by atoms with Gasteiger partial charge in [0.2, 0.25) is 5.91 Å². The van der Waals surface area contributed by atoms with Crippen LogP contribution < -0.4 is 27.4 Å². The predicted octanol–water partition coefficient (Wildman–Crippen LogP) is 3.90. The fraction of sp³-hybridized carbons (Fsp3) is 0.286. The minimum atomic E-state index is -0.689. The number of benzene rings is 2. The van der Waals surface area contributed by atoms with E-state index in [2.05, 4.69) is 10.6 Å². The summed E-state index contributed by atoms with van der Waals surface area (Å²) in [5.41, 5.74) is 0.560. The lowest BCUT2D eigenvalue weighted by Crippen LogP contribution is -2.42. The first-order valence-corrected chi connectivity index (χ1v) is 12.5. The summed E-state index contributed by atoms with van der Waals surface area (Å²) in [6.07, 6.45) is 1.92. The number of anilines is 3. The number of halogens is 1. The summed E-state index contributed by atoms with van der Waals surface area (Å²) in [5.74, 6) is -0.871. The minimum Gasteiger partial charge on any atom is -0.354 e. The molecule has 1 aliphatic carbocycles. The molecule has 1 aliphatic rings. The number of nitrogens with one attached hydrogen (secondary N) is 2. The van der Waals surface area contributed by atoms with Crippen LogP contribution in [0.1, 0.15) is 43.9 Å². The number of aryl methyl sites for hydroxylation is 2. The van der Waals surface area contributed by atoms with Gasteiger partial charge in [0.25, 0.3) is 11.1 Å². The fourth-order valence-corrected chi connectivity index (χ4v) is 4.79. The zero-order chi connectivity index (χ0) is 27.3. The number of rotatable bonds is 6. The molecule has 0 unspecified atom stereocenters. The van der Waals surface area contributed by atoms with Crippen molar-refractivity contribution in [1.29, 1.82) is 0 Å². The zero-order valence-corrected chi connectivity index (χ0v) is 21.6. The number of carbonyl (C=O) groups is 1. The first kappa shape index (κ1) is 25.2. The number of fused-ring (bicyclic) bond motifs is 1. The largest absolute Gasteiger partial charge is 0.354 e. The Labute approximate surface area is 217 Å². The van der Waals surface area contributed by atoms with Crippen molar-refractivity contribution < 1.29 is 9.18 Å². The summed E-state index contributed by atoms with van der Waals surface area (Å²) in [4.78, 5) is 52.5. The van der Waals surface area contributed by atoms with E-state index in [0.717, 1.165) is 10.1 Å². The van der Waals surface area contributed by atoms with Gasteiger partial charge in [0.1, 0.15) is 16.9 Å². The van der Waals surface area contributed by atoms with E-state index in [-0.39, 0.29) is 39.9 Å². The average Bonchev–Trinajstić information content (AvgIpc) is 3.71. The van der Waals surface area contributed by atoms with Gasteiger partial charge < -0.3 is 10.6 Å². The number of amides is 1. The Bertz CT molecular complexity index is 1800. The predicted molar refractivity (Wildman–Crippen MR) is 145 cm³/mol. The number of aromatic nitrogens is 3. The molecule has 1 saturated carbocycles. The Morgan fingerprint density at radius 3 is 2.39 bits per heavy atom. The quantitative estimate of drug-likeness (QED) is 0.404. The van der Waals surface area contributed by atoms with Gasteiger partial charge in [0, 0.05) is 37.0 Å². The second-order valence-electron chi connectivity index (χ2n) is 9.61. The highest BCUT2D eigenvalue weighted by atomic mass is 19.1. The van der Waals surface area contributed by atoms with Gasteiger partial charge in [-0.15, -0.1) is 0 Å². The van der Waals surface area contributed by atoms with Crippen molar-refractivity contribution in [3.8, 4) is 5.69 Å². The summed E-state index contributed by atoms with van der Waals surface area (Å²) in [6, 6.07) is 11.1. The molecule has 1 fully saturated rings. The van der Waals surface area contributed by atoms with Crippen molar-refractivity contribution in [1.82, 2.24) is 13.7 Å². The summed E-state index contributed by atoms with van der Waals surface area (Å²) in [5, 5.41) is 5.97. The molecule has 38 heavy (non-hydrogen) atoms. The minimum absolute atomic E-state index is 0.00355. The van der Waals surface area contributed by atoms with Crippen LogP contribution >= 0.6 is 0 Å². The van der Waals surface area contributed by atoms with E-state index in [1.54, 1.807) is 37.3 Å². The van der Waals surface area contributed by atoms with Crippen LogP contribution in [0, 0.1) is 12.7 Å². The molecule has 0 radical (unpaired) electrons. The van der Waals surface area contributed by atoms with Gasteiger partial charge in [0.15, 0.2) is 0 Å². The second kappa shape index (κ2) is 9.44. The number of hydrogen-bond acceptors (Lipinski definition) is 5. The molecule has 9 nitrogen and oxygen atoms in total. The molecule has 0 bridgehead atoms. The molecule has 5 rings (SSSR count). The molecule has 196 valence electrons. The second-order valence-corrected chi connectivity index (χ2v) is 9.61. The molecule has 4 aromatic rings. The number of pyridine rings is 1. The molecule has 2 heterocycles. The Morgan fingerprint density at radius 2 is 1.76 bits per heavy atom. The van der Waals surface area contributed by atoms with E-state index < -0.39 is 22.6 Å². The van der Waals surface area contributed by atoms with Gasteiger partial charge in [-0.25, -0.2) is 13.8 Å².